The molecule has 104 valence electrons. The first-order valence-electron chi connectivity index (χ1n) is 6.79. The van der Waals surface area contributed by atoms with E-state index in [1.54, 1.807) is 17.5 Å². The van der Waals surface area contributed by atoms with Gasteiger partial charge in [0.1, 0.15) is 11.1 Å². The van der Waals surface area contributed by atoms with Crippen LogP contribution in [0, 0.1) is 5.92 Å². The van der Waals surface area contributed by atoms with Crippen LogP contribution in [0.5, 0.6) is 0 Å². The van der Waals surface area contributed by atoms with Crippen molar-refractivity contribution in [1.82, 2.24) is 9.88 Å². The Balaban J connectivity index is 1.63. The Kier molecular flexibility index (Phi) is 3.81. The van der Waals surface area contributed by atoms with E-state index in [1.807, 2.05) is 10.3 Å². The summed E-state index contributed by atoms with van der Waals surface area (Å²) in [6, 6.07) is 0.199. The average molecular weight is 281 g/mol. The topological polar surface area (TPSA) is 68.5 Å². The highest BCUT2D eigenvalue weighted by Gasteiger charge is 2.34. The van der Waals surface area contributed by atoms with Gasteiger partial charge in [-0.1, -0.05) is 0 Å². The molecule has 2 heterocycles. The van der Waals surface area contributed by atoms with Gasteiger partial charge in [-0.2, -0.15) is 0 Å². The minimum Gasteiger partial charge on any atom is -0.367 e. The standard InChI is InChI=1S/C13H19N3O2S/c14-10-2-1-9(7-10)13(17)16-4-5-18-11(8-16)12-15-3-6-19-12/h3,6,9-11H,1-2,4-5,7-8,14H2/t9-,10-,11-/m1/s1. The molecule has 1 aromatic rings. The molecule has 0 spiro atoms. The second-order valence-electron chi connectivity index (χ2n) is 5.28. The minimum absolute atomic E-state index is 0.0622. The Morgan fingerprint density at radius 2 is 2.42 bits per heavy atom. The maximum absolute atomic E-state index is 12.5. The largest absolute Gasteiger partial charge is 0.367 e. The summed E-state index contributed by atoms with van der Waals surface area (Å²) >= 11 is 1.58. The van der Waals surface area contributed by atoms with Crippen LogP contribution in [0.1, 0.15) is 30.4 Å². The number of hydrogen-bond donors (Lipinski definition) is 1. The zero-order chi connectivity index (χ0) is 13.2. The summed E-state index contributed by atoms with van der Waals surface area (Å²) in [4.78, 5) is 18.7. The molecule has 3 rings (SSSR count). The molecule has 2 aliphatic rings. The highest BCUT2D eigenvalue weighted by atomic mass is 32.1. The predicted octanol–water partition coefficient (Wildman–Crippen LogP) is 1.17. The Hall–Kier alpha value is -0.980. The molecule has 5 nitrogen and oxygen atoms in total. The van der Waals surface area contributed by atoms with Crippen LogP contribution < -0.4 is 5.73 Å². The van der Waals surface area contributed by atoms with E-state index in [2.05, 4.69) is 4.98 Å². The summed E-state index contributed by atoms with van der Waals surface area (Å²) < 4.78 is 5.72. The van der Waals surface area contributed by atoms with Crippen LogP contribution in [0.4, 0.5) is 0 Å². The zero-order valence-corrected chi connectivity index (χ0v) is 11.6. The lowest BCUT2D eigenvalue weighted by molar-refractivity contribution is -0.143. The summed E-state index contributed by atoms with van der Waals surface area (Å²) in [5.41, 5.74) is 5.89. The smallest absolute Gasteiger partial charge is 0.225 e. The maximum Gasteiger partial charge on any atom is 0.225 e. The molecular formula is C13H19N3O2S. The molecule has 2 fully saturated rings. The van der Waals surface area contributed by atoms with Gasteiger partial charge in [0, 0.05) is 30.1 Å². The number of amides is 1. The van der Waals surface area contributed by atoms with Crippen molar-refractivity contribution in [3.8, 4) is 0 Å². The summed E-state index contributed by atoms with van der Waals surface area (Å²) in [6.07, 6.45) is 4.45. The molecule has 0 bridgehead atoms. The molecule has 1 aliphatic heterocycles. The van der Waals surface area contributed by atoms with E-state index in [9.17, 15) is 4.79 Å². The SMILES string of the molecule is N[C@@H]1CC[C@@H](C(=O)N2CCO[C@@H](c3nccs3)C2)C1. The van der Waals surface area contributed by atoms with Crippen molar-refractivity contribution < 1.29 is 9.53 Å². The number of hydrogen-bond acceptors (Lipinski definition) is 5. The molecule has 0 unspecified atom stereocenters. The van der Waals surface area contributed by atoms with E-state index in [0.717, 1.165) is 24.3 Å². The number of aromatic nitrogens is 1. The summed E-state index contributed by atoms with van der Waals surface area (Å²) in [5.74, 6) is 0.364. The van der Waals surface area contributed by atoms with Crippen LogP contribution in [0.2, 0.25) is 0 Å². The highest BCUT2D eigenvalue weighted by molar-refractivity contribution is 7.09. The lowest BCUT2D eigenvalue weighted by Crippen LogP contribution is -2.44. The number of nitrogens with zero attached hydrogens (tertiary/aromatic N) is 2. The lowest BCUT2D eigenvalue weighted by Gasteiger charge is -2.33. The fourth-order valence-corrected chi connectivity index (χ4v) is 3.57. The van der Waals surface area contributed by atoms with Crippen molar-refractivity contribution in [2.45, 2.75) is 31.4 Å². The van der Waals surface area contributed by atoms with Gasteiger partial charge >= 0.3 is 0 Å². The van der Waals surface area contributed by atoms with Gasteiger partial charge in [0.2, 0.25) is 5.91 Å². The van der Waals surface area contributed by atoms with Crippen LogP contribution in [0.3, 0.4) is 0 Å². The first-order valence-corrected chi connectivity index (χ1v) is 7.67. The third-order valence-corrected chi connectivity index (χ3v) is 4.80. The monoisotopic (exact) mass is 281 g/mol. The molecule has 0 aromatic carbocycles. The van der Waals surface area contributed by atoms with Gasteiger partial charge in [0.15, 0.2) is 0 Å². The number of rotatable bonds is 2. The number of nitrogens with two attached hydrogens (primary N) is 1. The van der Waals surface area contributed by atoms with Crippen LogP contribution in [0.25, 0.3) is 0 Å². The molecule has 0 radical (unpaired) electrons. The lowest BCUT2D eigenvalue weighted by atomic mass is 10.1. The zero-order valence-electron chi connectivity index (χ0n) is 10.8. The number of carbonyl (C=O) groups excluding carboxylic acids is 1. The quantitative estimate of drug-likeness (QED) is 0.883. The van der Waals surface area contributed by atoms with Crippen molar-refractivity contribution in [3.05, 3.63) is 16.6 Å². The fourth-order valence-electron chi connectivity index (χ4n) is 2.89. The molecule has 1 aliphatic carbocycles. The predicted molar refractivity (Wildman–Crippen MR) is 72.7 cm³/mol. The molecule has 3 atom stereocenters. The van der Waals surface area contributed by atoms with E-state index in [1.165, 1.54) is 0 Å². The van der Waals surface area contributed by atoms with E-state index in [-0.39, 0.29) is 24.0 Å². The van der Waals surface area contributed by atoms with Gasteiger partial charge in [0.05, 0.1) is 13.2 Å². The van der Waals surface area contributed by atoms with Gasteiger partial charge in [0.25, 0.3) is 0 Å². The summed E-state index contributed by atoms with van der Waals surface area (Å²) in [6.45, 7) is 1.90. The Bertz CT molecular complexity index is 437. The number of ether oxygens (including phenoxy) is 1. The van der Waals surface area contributed by atoms with E-state index >= 15 is 0 Å². The maximum atomic E-state index is 12.5. The molecular weight excluding hydrogens is 262 g/mol. The number of thiazole rings is 1. The van der Waals surface area contributed by atoms with E-state index < -0.39 is 0 Å². The van der Waals surface area contributed by atoms with Crippen molar-refractivity contribution in [1.29, 1.82) is 0 Å². The van der Waals surface area contributed by atoms with Crippen LogP contribution >= 0.6 is 11.3 Å². The summed E-state index contributed by atoms with van der Waals surface area (Å²) in [5, 5.41) is 2.90. The second kappa shape index (κ2) is 5.56. The van der Waals surface area contributed by atoms with Crippen LogP contribution in [-0.2, 0) is 9.53 Å². The van der Waals surface area contributed by atoms with Crippen LogP contribution in [-0.4, -0.2) is 41.5 Å². The van der Waals surface area contributed by atoms with E-state index in [4.69, 9.17) is 10.5 Å². The first kappa shape index (κ1) is 13.0. The van der Waals surface area contributed by atoms with Gasteiger partial charge in [-0.05, 0) is 19.3 Å². The third kappa shape index (κ3) is 2.80. The van der Waals surface area contributed by atoms with Gasteiger partial charge in [-0.15, -0.1) is 11.3 Å². The molecule has 2 N–H and O–H groups in total. The van der Waals surface area contributed by atoms with Crippen molar-refractivity contribution in [2.24, 2.45) is 11.7 Å². The average Bonchev–Trinajstić information content (AvgIpc) is 3.09. The molecule has 1 saturated heterocycles. The Morgan fingerprint density at radius 1 is 1.53 bits per heavy atom. The minimum atomic E-state index is -0.0622. The molecule has 6 heteroatoms. The van der Waals surface area contributed by atoms with Crippen LogP contribution in [0.15, 0.2) is 11.6 Å². The fraction of sp³-hybridized carbons (Fsp3) is 0.692. The van der Waals surface area contributed by atoms with E-state index in [0.29, 0.717) is 19.7 Å². The Morgan fingerprint density at radius 3 is 3.11 bits per heavy atom. The third-order valence-electron chi connectivity index (χ3n) is 3.93. The van der Waals surface area contributed by atoms with Gasteiger partial charge in [-0.3, -0.25) is 4.79 Å². The van der Waals surface area contributed by atoms with Crippen molar-refractivity contribution in [2.75, 3.05) is 19.7 Å². The molecule has 1 amide bonds. The van der Waals surface area contributed by atoms with Gasteiger partial charge < -0.3 is 15.4 Å². The Labute approximate surface area is 116 Å². The molecule has 19 heavy (non-hydrogen) atoms. The highest BCUT2D eigenvalue weighted by Crippen LogP contribution is 2.29. The number of morpholine rings is 1. The molecule has 1 saturated carbocycles. The van der Waals surface area contributed by atoms with Crippen molar-refractivity contribution >= 4 is 17.2 Å². The molecule has 1 aromatic heterocycles. The van der Waals surface area contributed by atoms with Gasteiger partial charge in [-0.25, -0.2) is 4.98 Å². The second-order valence-corrected chi connectivity index (χ2v) is 6.21. The summed E-state index contributed by atoms with van der Waals surface area (Å²) in [7, 11) is 0. The van der Waals surface area contributed by atoms with Crippen molar-refractivity contribution in [3.63, 3.8) is 0 Å². The first-order chi connectivity index (χ1) is 9.24. The normalized spacial score (nSPS) is 31.6. The number of carbonyl (C=O) groups is 1.